The van der Waals surface area contributed by atoms with Crippen LogP contribution in [-0.2, 0) is 4.74 Å². The fourth-order valence-electron chi connectivity index (χ4n) is 2.68. The van der Waals surface area contributed by atoms with E-state index in [2.05, 4.69) is 10.3 Å². The number of rotatable bonds is 3. The first kappa shape index (κ1) is 15.4. The molecular weight excluding hydrogens is 272 g/mol. The second-order valence-electron chi connectivity index (χ2n) is 6.43. The summed E-state index contributed by atoms with van der Waals surface area (Å²) in [6.45, 7) is 7.87. The molecule has 1 aliphatic rings. The summed E-state index contributed by atoms with van der Waals surface area (Å²) in [5.41, 5.74) is -0.488. The van der Waals surface area contributed by atoms with Gasteiger partial charge in [-0.25, -0.2) is 9.78 Å². The summed E-state index contributed by atoms with van der Waals surface area (Å²) in [5, 5.41) is 11.7. The molecule has 0 aromatic carbocycles. The first-order valence-corrected chi connectivity index (χ1v) is 6.81. The molecule has 1 fully saturated rings. The molecule has 6 nitrogen and oxygen atoms in total. The Kier molecular flexibility index (Phi) is 3.76. The Morgan fingerprint density at radius 1 is 1.33 bits per heavy atom. The summed E-state index contributed by atoms with van der Waals surface area (Å²) in [6.07, 6.45) is 1.99. The highest BCUT2D eigenvalue weighted by Gasteiger charge is 2.46. The molecule has 0 spiro atoms. The van der Waals surface area contributed by atoms with Gasteiger partial charge in [-0.3, -0.25) is 4.79 Å². The Hall–Kier alpha value is -1.95. The highest BCUT2D eigenvalue weighted by atomic mass is 16.5. The number of hydrogen-bond acceptors (Lipinski definition) is 4. The average molecular weight is 292 g/mol. The number of hydrogen-bond donors (Lipinski definition) is 2. The van der Waals surface area contributed by atoms with E-state index >= 15 is 0 Å². The molecule has 0 aliphatic carbocycles. The number of amides is 1. The van der Waals surface area contributed by atoms with Crippen LogP contribution in [0.1, 0.15) is 55.0 Å². The summed E-state index contributed by atoms with van der Waals surface area (Å²) < 4.78 is 5.93. The van der Waals surface area contributed by atoms with Gasteiger partial charge < -0.3 is 15.2 Å². The number of carboxylic acid groups (broad SMARTS) is 1. The van der Waals surface area contributed by atoms with E-state index in [4.69, 9.17) is 9.84 Å². The van der Waals surface area contributed by atoms with Crippen LogP contribution in [-0.4, -0.2) is 39.2 Å². The van der Waals surface area contributed by atoms with Crippen LogP contribution in [0.25, 0.3) is 0 Å². The number of ether oxygens (including phenoxy) is 1. The minimum absolute atomic E-state index is 0.0859. The smallest absolute Gasteiger partial charge is 0.354 e. The third-order valence-corrected chi connectivity index (χ3v) is 3.62. The van der Waals surface area contributed by atoms with E-state index < -0.39 is 11.6 Å². The van der Waals surface area contributed by atoms with Gasteiger partial charge in [-0.2, -0.15) is 0 Å². The molecule has 1 unspecified atom stereocenters. The van der Waals surface area contributed by atoms with Crippen LogP contribution < -0.4 is 5.32 Å². The average Bonchev–Trinajstić information content (AvgIpc) is 2.57. The van der Waals surface area contributed by atoms with E-state index in [0.29, 0.717) is 12.0 Å². The lowest BCUT2D eigenvalue weighted by Gasteiger charge is -2.27. The fraction of sp³-hybridized carbons (Fsp3) is 0.533. The third kappa shape index (κ3) is 3.39. The van der Waals surface area contributed by atoms with Crippen LogP contribution in [0.3, 0.4) is 0 Å². The van der Waals surface area contributed by atoms with E-state index in [1.807, 2.05) is 27.7 Å². The van der Waals surface area contributed by atoms with Gasteiger partial charge in [0.05, 0.1) is 22.8 Å². The van der Waals surface area contributed by atoms with Gasteiger partial charge in [-0.05, 0) is 46.2 Å². The molecule has 2 N–H and O–H groups in total. The summed E-state index contributed by atoms with van der Waals surface area (Å²) >= 11 is 0. The monoisotopic (exact) mass is 292 g/mol. The molecule has 0 saturated carbocycles. The Morgan fingerprint density at radius 2 is 2.00 bits per heavy atom. The third-order valence-electron chi connectivity index (χ3n) is 3.62. The van der Waals surface area contributed by atoms with Crippen molar-refractivity contribution in [3.8, 4) is 0 Å². The maximum absolute atomic E-state index is 12.2. The van der Waals surface area contributed by atoms with Gasteiger partial charge >= 0.3 is 5.97 Å². The maximum Gasteiger partial charge on any atom is 0.354 e. The van der Waals surface area contributed by atoms with E-state index in [1.54, 1.807) is 0 Å². The summed E-state index contributed by atoms with van der Waals surface area (Å²) in [6, 6.07) is 2.66. The zero-order chi connectivity index (χ0) is 15.8. The lowest BCUT2D eigenvalue weighted by molar-refractivity contribution is -0.0693. The van der Waals surface area contributed by atoms with Crippen LogP contribution in [0.4, 0.5) is 0 Å². The van der Waals surface area contributed by atoms with Crippen molar-refractivity contribution in [2.24, 2.45) is 0 Å². The molecule has 1 aromatic rings. The molecule has 2 heterocycles. The van der Waals surface area contributed by atoms with Crippen molar-refractivity contribution < 1.29 is 19.4 Å². The van der Waals surface area contributed by atoms with Crippen molar-refractivity contribution in [3.05, 3.63) is 29.6 Å². The largest absolute Gasteiger partial charge is 0.477 e. The molecule has 1 saturated heterocycles. The zero-order valence-corrected chi connectivity index (χ0v) is 12.6. The summed E-state index contributed by atoms with van der Waals surface area (Å²) in [4.78, 5) is 26.7. The van der Waals surface area contributed by atoms with E-state index in [9.17, 15) is 9.59 Å². The highest BCUT2D eigenvalue weighted by Crippen LogP contribution is 2.37. The zero-order valence-electron chi connectivity index (χ0n) is 12.6. The van der Waals surface area contributed by atoms with E-state index in [0.717, 1.165) is 0 Å². The molecular formula is C15H20N2O4. The van der Waals surface area contributed by atoms with Crippen molar-refractivity contribution in [2.45, 2.75) is 51.4 Å². The molecule has 1 aromatic heterocycles. The van der Waals surface area contributed by atoms with Crippen molar-refractivity contribution in [2.75, 3.05) is 0 Å². The normalized spacial score (nSPS) is 22.8. The second-order valence-corrected chi connectivity index (χ2v) is 6.43. The van der Waals surface area contributed by atoms with Crippen molar-refractivity contribution >= 4 is 11.9 Å². The minimum Gasteiger partial charge on any atom is -0.477 e. The number of nitrogens with zero attached hydrogens (tertiary/aromatic N) is 1. The molecule has 2 rings (SSSR count). The molecule has 114 valence electrons. The molecule has 0 bridgehead atoms. The number of aromatic carboxylic acids is 1. The van der Waals surface area contributed by atoms with Gasteiger partial charge in [0.1, 0.15) is 5.69 Å². The Bertz CT molecular complexity index is 564. The van der Waals surface area contributed by atoms with Crippen LogP contribution >= 0.6 is 0 Å². The second kappa shape index (κ2) is 5.11. The van der Waals surface area contributed by atoms with Gasteiger partial charge in [-0.15, -0.1) is 0 Å². The van der Waals surface area contributed by atoms with E-state index in [-0.39, 0.29) is 23.2 Å². The van der Waals surface area contributed by atoms with Crippen LogP contribution in [0.15, 0.2) is 18.3 Å². The van der Waals surface area contributed by atoms with Gasteiger partial charge in [0.25, 0.3) is 5.91 Å². The number of pyridine rings is 1. The standard InChI is InChI=1S/C15H20N2O4/c1-14(2)7-11(15(3,4)21-14)17-12(18)9-5-6-10(13(19)20)16-8-9/h5-6,8,11H,7H2,1-4H3,(H,17,18)(H,19,20). The maximum atomic E-state index is 12.2. The van der Waals surface area contributed by atoms with Gasteiger partial charge in [-0.1, -0.05) is 0 Å². The molecule has 0 radical (unpaired) electrons. The number of nitrogens with one attached hydrogen (secondary N) is 1. The Morgan fingerprint density at radius 3 is 2.43 bits per heavy atom. The minimum atomic E-state index is -1.12. The van der Waals surface area contributed by atoms with Gasteiger partial charge in [0.2, 0.25) is 0 Å². The van der Waals surface area contributed by atoms with Crippen LogP contribution in [0.5, 0.6) is 0 Å². The van der Waals surface area contributed by atoms with Gasteiger partial charge in [0.15, 0.2) is 0 Å². The predicted molar refractivity (Wildman–Crippen MR) is 76.3 cm³/mol. The topological polar surface area (TPSA) is 88.5 Å². The molecule has 21 heavy (non-hydrogen) atoms. The summed E-state index contributed by atoms with van der Waals surface area (Å²) in [7, 11) is 0. The van der Waals surface area contributed by atoms with Crippen molar-refractivity contribution in [1.82, 2.24) is 10.3 Å². The Balaban J connectivity index is 2.09. The highest BCUT2D eigenvalue weighted by molar-refractivity contribution is 5.95. The lowest BCUT2D eigenvalue weighted by Crippen LogP contribution is -2.46. The SMILES string of the molecule is CC1(C)CC(NC(=O)c2ccc(C(=O)O)nc2)C(C)(C)O1. The number of carboxylic acids is 1. The summed E-state index contributed by atoms with van der Waals surface area (Å²) in [5.74, 6) is -1.40. The number of carbonyl (C=O) groups is 2. The molecule has 1 atom stereocenters. The van der Waals surface area contributed by atoms with Crippen LogP contribution in [0.2, 0.25) is 0 Å². The van der Waals surface area contributed by atoms with Crippen molar-refractivity contribution in [1.29, 1.82) is 0 Å². The lowest BCUT2D eigenvalue weighted by atomic mass is 9.94. The van der Waals surface area contributed by atoms with Gasteiger partial charge in [0, 0.05) is 6.20 Å². The fourth-order valence-corrected chi connectivity index (χ4v) is 2.68. The Labute approximate surface area is 123 Å². The molecule has 6 heteroatoms. The first-order chi connectivity index (χ1) is 9.61. The van der Waals surface area contributed by atoms with Crippen molar-refractivity contribution in [3.63, 3.8) is 0 Å². The van der Waals surface area contributed by atoms with Crippen LogP contribution in [0, 0.1) is 0 Å². The predicted octanol–water partition coefficient (Wildman–Crippen LogP) is 1.86. The quantitative estimate of drug-likeness (QED) is 0.887. The number of aromatic nitrogens is 1. The first-order valence-electron chi connectivity index (χ1n) is 6.81. The van der Waals surface area contributed by atoms with E-state index in [1.165, 1.54) is 18.3 Å². The molecule has 1 amide bonds. The number of carbonyl (C=O) groups excluding carboxylic acids is 1. The molecule has 1 aliphatic heterocycles.